The molecule has 2 aliphatic rings. The van der Waals surface area contributed by atoms with E-state index in [2.05, 4.69) is 41.1 Å². The smallest absolute Gasteiger partial charge is 0.244 e. The van der Waals surface area contributed by atoms with Crippen molar-refractivity contribution >= 4 is 21.7 Å². The Morgan fingerprint density at radius 1 is 0.939 bits per heavy atom. The Morgan fingerprint density at radius 3 is 2.21 bits per heavy atom. The van der Waals surface area contributed by atoms with Crippen LogP contribution < -0.4 is 4.90 Å². The van der Waals surface area contributed by atoms with Gasteiger partial charge >= 0.3 is 0 Å². The van der Waals surface area contributed by atoms with E-state index < -0.39 is 10.0 Å². The minimum absolute atomic E-state index is 0.175. The fourth-order valence-electron chi connectivity index (χ4n) is 4.18. The van der Waals surface area contributed by atoms with Crippen LogP contribution in [0, 0.1) is 0 Å². The van der Waals surface area contributed by atoms with Gasteiger partial charge in [-0.1, -0.05) is 31.2 Å². The standard InChI is InChI=1S/C24H32N4O4S/c1-2-20-3-5-21(6-4-20)7-10-24(29)27-13-11-26(12-14-27)23-9-8-22(19-25-23)33(30,31)28-15-17-32-18-16-28/h3-6,8-9,19H,2,7,10-18H2,1H3. The fraction of sp³-hybridized carbons (Fsp3) is 0.500. The van der Waals surface area contributed by atoms with Crippen molar-refractivity contribution in [1.82, 2.24) is 14.2 Å². The molecule has 1 aromatic carbocycles. The van der Waals surface area contributed by atoms with Gasteiger partial charge in [-0.25, -0.2) is 13.4 Å². The molecule has 178 valence electrons. The van der Waals surface area contributed by atoms with Gasteiger partial charge < -0.3 is 14.5 Å². The SMILES string of the molecule is CCc1ccc(CCC(=O)N2CCN(c3ccc(S(=O)(=O)N4CCOCC4)cn3)CC2)cc1. The first-order valence-electron chi connectivity index (χ1n) is 11.6. The van der Waals surface area contributed by atoms with Crippen molar-refractivity contribution in [3.05, 3.63) is 53.7 Å². The van der Waals surface area contributed by atoms with Gasteiger partial charge in [0.15, 0.2) is 0 Å². The number of carbonyl (C=O) groups is 1. The van der Waals surface area contributed by atoms with E-state index in [1.807, 2.05) is 4.90 Å². The zero-order valence-corrected chi connectivity index (χ0v) is 20.0. The third-order valence-corrected chi connectivity index (χ3v) is 8.23. The number of pyridine rings is 1. The second-order valence-electron chi connectivity index (χ2n) is 8.41. The van der Waals surface area contributed by atoms with E-state index in [0.29, 0.717) is 58.9 Å². The molecule has 0 atom stereocenters. The Bertz CT molecular complexity index is 1030. The lowest BCUT2D eigenvalue weighted by atomic mass is 10.1. The van der Waals surface area contributed by atoms with Gasteiger partial charge in [-0.05, 0) is 36.1 Å². The van der Waals surface area contributed by atoms with Gasteiger partial charge in [-0.3, -0.25) is 4.79 Å². The lowest BCUT2D eigenvalue weighted by Gasteiger charge is -2.35. The van der Waals surface area contributed by atoms with Gasteiger partial charge in [0.05, 0.1) is 13.2 Å². The van der Waals surface area contributed by atoms with Crippen molar-refractivity contribution in [2.45, 2.75) is 31.1 Å². The van der Waals surface area contributed by atoms with Crippen molar-refractivity contribution in [3.63, 3.8) is 0 Å². The van der Waals surface area contributed by atoms with Crippen LogP contribution in [0.4, 0.5) is 5.82 Å². The van der Waals surface area contributed by atoms with Crippen LogP contribution in [0.1, 0.15) is 24.5 Å². The third-order valence-electron chi connectivity index (χ3n) is 6.34. The molecule has 2 saturated heterocycles. The molecular formula is C24H32N4O4S. The summed E-state index contributed by atoms with van der Waals surface area (Å²) in [4.78, 5) is 21.3. The van der Waals surface area contributed by atoms with Crippen LogP contribution in [-0.4, -0.2) is 81.0 Å². The highest BCUT2D eigenvalue weighted by atomic mass is 32.2. The highest BCUT2D eigenvalue weighted by Crippen LogP contribution is 2.20. The van der Waals surface area contributed by atoms with Crippen LogP contribution in [0.25, 0.3) is 0 Å². The Balaban J connectivity index is 1.28. The van der Waals surface area contributed by atoms with Crippen molar-refractivity contribution in [1.29, 1.82) is 0 Å². The van der Waals surface area contributed by atoms with Gasteiger partial charge in [-0.15, -0.1) is 0 Å². The molecule has 0 aliphatic carbocycles. The average molecular weight is 473 g/mol. The average Bonchev–Trinajstić information content (AvgIpc) is 2.88. The second-order valence-corrected chi connectivity index (χ2v) is 10.3. The van der Waals surface area contributed by atoms with Crippen LogP contribution >= 0.6 is 0 Å². The summed E-state index contributed by atoms with van der Waals surface area (Å²) in [6, 6.07) is 11.8. The minimum Gasteiger partial charge on any atom is -0.379 e. The Morgan fingerprint density at radius 2 is 1.61 bits per heavy atom. The molecule has 33 heavy (non-hydrogen) atoms. The summed E-state index contributed by atoms with van der Waals surface area (Å²) in [6.07, 6.45) is 3.72. The maximum Gasteiger partial charge on any atom is 0.244 e. The first kappa shape index (κ1) is 23.7. The highest BCUT2D eigenvalue weighted by molar-refractivity contribution is 7.89. The van der Waals surface area contributed by atoms with E-state index in [4.69, 9.17) is 4.74 Å². The molecule has 0 bridgehead atoms. The molecule has 2 fully saturated rings. The zero-order valence-electron chi connectivity index (χ0n) is 19.1. The molecule has 1 aromatic heterocycles. The molecule has 0 saturated carbocycles. The van der Waals surface area contributed by atoms with Gasteiger partial charge in [-0.2, -0.15) is 4.31 Å². The lowest BCUT2D eigenvalue weighted by Crippen LogP contribution is -2.49. The Hall–Kier alpha value is -2.49. The fourth-order valence-corrected chi connectivity index (χ4v) is 5.54. The maximum absolute atomic E-state index is 12.8. The molecular weight excluding hydrogens is 440 g/mol. The number of morpholine rings is 1. The number of sulfonamides is 1. The van der Waals surface area contributed by atoms with Crippen molar-refractivity contribution in [2.24, 2.45) is 0 Å². The molecule has 1 amide bonds. The monoisotopic (exact) mass is 472 g/mol. The largest absolute Gasteiger partial charge is 0.379 e. The predicted molar refractivity (Wildman–Crippen MR) is 127 cm³/mol. The van der Waals surface area contributed by atoms with E-state index >= 15 is 0 Å². The quantitative estimate of drug-likeness (QED) is 0.613. The number of aromatic nitrogens is 1. The van der Waals surface area contributed by atoms with Gasteiger partial charge in [0.25, 0.3) is 0 Å². The first-order valence-corrected chi connectivity index (χ1v) is 13.1. The summed E-state index contributed by atoms with van der Waals surface area (Å²) in [6.45, 7) is 6.34. The number of benzene rings is 1. The van der Waals surface area contributed by atoms with Crippen LogP contribution in [0.5, 0.6) is 0 Å². The number of carbonyl (C=O) groups excluding carboxylic acids is 1. The van der Waals surface area contributed by atoms with Gasteiger partial charge in [0, 0.05) is 51.9 Å². The maximum atomic E-state index is 12.8. The van der Waals surface area contributed by atoms with E-state index in [0.717, 1.165) is 18.7 Å². The molecule has 0 radical (unpaired) electrons. The first-order chi connectivity index (χ1) is 16.0. The van der Waals surface area contributed by atoms with E-state index in [1.54, 1.807) is 12.1 Å². The molecule has 9 heteroatoms. The van der Waals surface area contributed by atoms with Gasteiger partial charge in [0.2, 0.25) is 15.9 Å². The van der Waals surface area contributed by atoms with Crippen molar-refractivity contribution in [3.8, 4) is 0 Å². The molecule has 0 unspecified atom stereocenters. The van der Waals surface area contributed by atoms with Crippen LogP contribution in [0.2, 0.25) is 0 Å². The molecule has 4 rings (SSSR count). The number of piperazine rings is 1. The Labute approximate surface area is 196 Å². The third kappa shape index (κ3) is 5.72. The Kier molecular flexibility index (Phi) is 7.62. The summed E-state index contributed by atoms with van der Waals surface area (Å²) in [5.41, 5.74) is 2.50. The van der Waals surface area contributed by atoms with Crippen LogP contribution in [0.15, 0.2) is 47.5 Å². The summed E-state index contributed by atoms with van der Waals surface area (Å²) >= 11 is 0. The summed E-state index contributed by atoms with van der Waals surface area (Å²) in [5, 5.41) is 0. The highest BCUT2D eigenvalue weighted by Gasteiger charge is 2.27. The lowest BCUT2D eigenvalue weighted by molar-refractivity contribution is -0.131. The van der Waals surface area contributed by atoms with E-state index in [9.17, 15) is 13.2 Å². The molecule has 2 aromatic rings. The minimum atomic E-state index is -3.54. The normalized spacial score (nSPS) is 17.8. The predicted octanol–water partition coefficient (Wildman–Crippen LogP) is 1.95. The zero-order chi connectivity index (χ0) is 23.3. The number of ether oxygens (including phenoxy) is 1. The second kappa shape index (κ2) is 10.6. The number of amides is 1. The number of anilines is 1. The summed E-state index contributed by atoms with van der Waals surface area (Å²) in [5.74, 6) is 0.910. The topological polar surface area (TPSA) is 83.1 Å². The number of hydrogen-bond donors (Lipinski definition) is 0. The number of aryl methyl sites for hydroxylation is 2. The van der Waals surface area contributed by atoms with Crippen LogP contribution in [-0.2, 0) is 32.4 Å². The number of hydrogen-bond acceptors (Lipinski definition) is 6. The van der Waals surface area contributed by atoms with Crippen molar-refractivity contribution < 1.29 is 17.9 Å². The molecule has 2 aliphatic heterocycles. The van der Waals surface area contributed by atoms with Crippen LogP contribution in [0.3, 0.4) is 0 Å². The summed E-state index contributed by atoms with van der Waals surface area (Å²) < 4.78 is 32.2. The molecule has 8 nitrogen and oxygen atoms in total. The molecule has 3 heterocycles. The molecule has 0 spiro atoms. The van der Waals surface area contributed by atoms with Gasteiger partial charge in [0.1, 0.15) is 10.7 Å². The van der Waals surface area contributed by atoms with E-state index in [-0.39, 0.29) is 10.8 Å². The summed E-state index contributed by atoms with van der Waals surface area (Å²) in [7, 11) is -3.54. The molecule has 0 N–H and O–H groups in total. The number of nitrogens with zero attached hydrogens (tertiary/aromatic N) is 4. The number of rotatable bonds is 7. The van der Waals surface area contributed by atoms with Crippen molar-refractivity contribution in [2.75, 3.05) is 57.4 Å². The van der Waals surface area contributed by atoms with E-state index in [1.165, 1.54) is 21.6 Å².